The number of allylic oxidation sites excluding steroid dienone is 2. The number of nitriles is 1. The Hall–Kier alpha value is -2.72. The topological polar surface area (TPSA) is 69.4 Å². The molecule has 0 aliphatic carbocycles. The third-order valence-electron chi connectivity index (χ3n) is 5.51. The molecule has 1 fully saturated rings. The number of nitrogens with two attached hydrogens (primary N) is 1. The fourth-order valence-corrected chi connectivity index (χ4v) is 3.98. The van der Waals surface area contributed by atoms with Crippen LogP contribution in [-0.4, -0.2) is 38.1 Å². The molecular formula is C23H24N4OS. The van der Waals surface area contributed by atoms with Crippen LogP contribution in [0.1, 0.15) is 12.7 Å². The summed E-state index contributed by atoms with van der Waals surface area (Å²) in [6, 6.07) is 19.0. The number of benzene rings is 2. The third-order valence-corrected chi connectivity index (χ3v) is 6.15. The van der Waals surface area contributed by atoms with Gasteiger partial charge in [0.1, 0.15) is 22.5 Å². The van der Waals surface area contributed by atoms with Crippen molar-refractivity contribution in [2.24, 2.45) is 5.14 Å². The average Bonchev–Trinajstić information content (AvgIpc) is 3.24. The fourth-order valence-electron chi connectivity index (χ4n) is 3.65. The van der Waals surface area contributed by atoms with Gasteiger partial charge in [-0.3, -0.25) is 5.14 Å². The zero-order valence-electron chi connectivity index (χ0n) is 16.7. The van der Waals surface area contributed by atoms with Crippen molar-refractivity contribution in [2.45, 2.75) is 6.92 Å². The molecule has 2 aromatic carbocycles. The standard InChI is InChI=1S/C23H24N4OS/c1-16(23(15-24)29-25)21-7-8-22(28-21)19-4-3-18-14-20(6-5-17(18)13-19)27-11-9-26(2)10-12-27/h3-8,13-14H,9-12,25H2,1-2H3/b23-16+. The lowest BCUT2D eigenvalue weighted by Gasteiger charge is -2.34. The quantitative estimate of drug-likeness (QED) is 0.501. The molecule has 3 aromatic rings. The Morgan fingerprint density at radius 3 is 2.48 bits per heavy atom. The number of hydrogen-bond donors (Lipinski definition) is 1. The molecule has 5 nitrogen and oxygen atoms in total. The number of piperazine rings is 1. The van der Waals surface area contributed by atoms with Crippen LogP contribution in [0.2, 0.25) is 0 Å². The van der Waals surface area contributed by atoms with E-state index in [1.807, 2.05) is 19.1 Å². The molecule has 1 saturated heterocycles. The van der Waals surface area contributed by atoms with Crippen molar-refractivity contribution in [1.29, 1.82) is 5.26 Å². The van der Waals surface area contributed by atoms with Crippen molar-refractivity contribution in [2.75, 3.05) is 38.1 Å². The summed E-state index contributed by atoms with van der Waals surface area (Å²) in [5, 5.41) is 17.1. The van der Waals surface area contributed by atoms with Crippen LogP contribution < -0.4 is 10.0 Å². The van der Waals surface area contributed by atoms with Gasteiger partial charge in [-0.15, -0.1) is 0 Å². The van der Waals surface area contributed by atoms with E-state index < -0.39 is 0 Å². The monoisotopic (exact) mass is 404 g/mol. The van der Waals surface area contributed by atoms with E-state index in [1.54, 1.807) is 0 Å². The summed E-state index contributed by atoms with van der Waals surface area (Å²) in [4.78, 5) is 5.27. The van der Waals surface area contributed by atoms with Crippen LogP contribution in [0, 0.1) is 11.3 Å². The van der Waals surface area contributed by atoms with Crippen molar-refractivity contribution >= 4 is 34.0 Å². The van der Waals surface area contributed by atoms with Gasteiger partial charge in [0.2, 0.25) is 0 Å². The van der Waals surface area contributed by atoms with Crippen LogP contribution in [0.4, 0.5) is 5.69 Å². The van der Waals surface area contributed by atoms with Crippen molar-refractivity contribution in [3.63, 3.8) is 0 Å². The maximum absolute atomic E-state index is 9.17. The van der Waals surface area contributed by atoms with Gasteiger partial charge >= 0.3 is 0 Å². The van der Waals surface area contributed by atoms with E-state index in [0.717, 1.165) is 55.0 Å². The Labute approximate surface area is 175 Å². The maximum Gasteiger partial charge on any atom is 0.134 e. The third kappa shape index (κ3) is 4.03. The molecule has 0 amide bonds. The van der Waals surface area contributed by atoms with Crippen LogP contribution in [0.25, 0.3) is 27.7 Å². The zero-order chi connectivity index (χ0) is 20.4. The fraction of sp³-hybridized carbons (Fsp3) is 0.261. The smallest absolute Gasteiger partial charge is 0.134 e. The molecule has 4 rings (SSSR count). The zero-order valence-corrected chi connectivity index (χ0v) is 17.5. The highest BCUT2D eigenvalue weighted by Crippen LogP contribution is 2.32. The highest BCUT2D eigenvalue weighted by Gasteiger charge is 2.15. The largest absolute Gasteiger partial charge is 0.456 e. The van der Waals surface area contributed by atoms with Crippen molar-refractivity contribution < 1.29 is 4.42 Å². The summed E-state index contributed by atoms with van der Waals surface area (Å²) < 4.78 is 6.00. The summed E-state index contributed by atoms with van der Waals surface area (Å²) in [7, 11) is 2.17. The van der Waals surface area contributed by atoms with Gasteiger partial charge in [0.05, 0.1) is 0 Å². The van der Waals surface area contributed by atoms with Gasteiger partial charge in [0.15, 0.2) is 0 Å². The van der Waals surface area contributed by atoms with Gasteiger partial charge in [-0.25, -0.2) is 0 Å². The molecule has 1 aliphatic rings. The van der Waals surface area contributed by atoms with Gasteiger partial charge in [0.25, 0.3) is 0 Å². The number of likely N-dealkylation sites (N-methyl/N-ethyl adjacent to an activating group) is 1. The molecule has 0 spiro atoms. The SMILES string of the molecule is C/C(=C(/C#N)SN)c1ccc(-c2ccc3cc(N4CCN(C)CC4)ccc3c2)o1. The highest BCUT2D eigenvalue weighted by atomic mass is 32.2. The van der Waals surface area contributed by atoms with E-state index in [4.69, 9.17) is 9.56 Å². The van der Waals surface area contributed by atoms with E-state index in [-0.39, 0.29) is 0 Å². The van der Waals surface area contributed by atoms with Crippen molar-refractivity contribution in [1.82, 2.24) is 4.90 Å². The first-order chi connectivity index (χ1) is 14.1. The number of hydrogen-bond acceptors (Lipinski definition) is 6. The number of fused-ring (bicyclic) bond motifs is 1. The van der Waals surface area contributed by atoms with Crippen LogP contribution in [0.3, 0.4) is 0 Å². The Bertz CT molecular complexity index is 1100. The molecular weight excluding hydrogens is 380 g/mol. The van der Waals surface area contributed by atoms with Crippen LogP contribution in [0.15, 0.2) is 57.9 Å². The van der Waals surface area contributed by atoms with E-state index in [9.17, 15) is 5.26 Å². The molecule has 148 valence electrons. The summed E-state index contributed by atoms with van der Waals surface area (Å²) in [6.45, 7) is 6.17. The average molecular weight is 405 g/mol. The number of anilines is 1. The van der Waals surface area contributed by atoms with Gasteiger partial charge < -0.3 is 14.2 Å². The normalized spacial score (nSPS) is 16.0. The summed E-state index contributed by atoms with van der Waals surface area (Å²) >= 11 is 0.945. The molecule has 0 saturated carbocycles. The minimum Gasteiger partial charge on any atom is -0.456 e. The van der Waals surface area contributed by atoms with Crippen molar-refractivity contribution in [3.05, 3.63) is 59.2 Å². The van der Waals surface area contributed by atoms with E-state index in [2.05, 4.69) is 59.3 Å². The Morgan fingerprint density at radius 2 is 1.76 bits per heavy atom. The van der Waals surface area contributed by atoms with Gasteiger partial charge in [-0.1, -0.05) is 18.2 Å². The molecule has 29 heavy (non-hydrogen) atoms. The van der Waals surface area contributed by atoms with E-state index >= 15 is 0 Å². The Balaban J connectivity index is 1.61. The second-order valence-corrected chi connectivity index (χ2v) is 8.03. The van der Waals surface area contributed by atoms with E-state index in [1.165, 1.54) is 16.5 Å². The van der Waals surface area contributed by atoms with Crippen LogP contribution >= 0.6 is 11.9 Å². The number of nitrogens with zero attached hydrogens (tertiary/aromatic N) is 3. The molecule has 0 unspecified atom stereocenters. The van der Waals surface area contributed by atoms with Crippen LogP contribution in [-0.2, 0) is 0 Å². The predicted molar refractivity (Wildman–Crippen MR) is 121 cm³/mol. The number of furan rings is 1. The lowest BCUT2D eigenvalue weighted by Crippen LogP contribution is -2.44. The second kappa shape index (κ2) is 8.34. The first kappa shape index (κ1) is 19.6. The molecule has 0 atom stereocenters. The molecule has 0 radical (unpaired) electrons. The minimum absolute atomic E-state index is 0.459. The minimum atomic E-state index is 0.459. The summed E-state index contributed by atoms with van der Waals surface area (Å²) in [6.07, 6.45) is 0. The highest BCUT2D eigenvalue weighted by molar-refractivity contribution is 8.01. The number of rotatable bonds is 4. The second-order valence-electron chi connectivity index (χ2n) is 7.38. The van der Waals surface area contributed by atoms with Crippen LogP contribution in [0.5, 0.6) is 0 Å². The van der Waals surface area contributed by atoms with E-state index in [0.29, 0.717) is 10.7 Å². The summed E-state index contributed by atoms with van der Waals surface area (Å²) in [5.41, 5.74) is 3.05. The maximum atomic E-state index is 9.17. The van der Waals surface area contributed by atoms with Gasteiger partial charge in [-0.2, -0.15) is 5.26 Å². The molecule has 2 N–H and O–H groups in total. The van der Waals surface area contributed by atoms with Gasteiger partial charge in [0, 0.05) is 43.0 Å². The Morgan fingerprint density at radius 1 is 1.03 bits per heavy atom. The summed E-state index contributed by atoms with van der Waals surface area (Å²) in [5.74, 6) is 1.45. The molecule has 1 aromatic heterocycles. The lowest BCUT2D eigenvalue weighted by atomic mass is 10.0. The molecule has 6 heteroatoms. The molecule has 0 bridgehead atoms. The molecule has 1 aliphatic heterocycles. The predicted octanol–water partition coefficient (Wildman–Crippen LogP) is 4.71. The molecule has 2 heterocycles. The van der Waals surface area contributed by atoms with Gasteiger partial charge in [-0.05, 0) is 67.0 Å². The lowest BCUT2D eigenvalue weighted by molar-refractivity contribution is 0.313. The first-order valence-corrected chi connectivity index (χ1v) is 10.5. The Kier molecular flexibility index (Phi) is 5.63. The van der Waals surface area contributed by atoms with Crippen molar-refractivity contribution in [3.8, 4) is 17.4 Å². The first-order valence-electron chi connectivity index (χ1n) is 9.64.